The quantitative estimate of drug-likeness (QED) is 0.128. The smallest absolute Gasteiger partial charge is 0.350 e. The van der Waals surface area contributed by atoms with E-state index in [0.717, 1.165) is 24.2 Å². The average Bonchev–Trinajstić information content (AvgIpc) is 3.40. The Bertz CT molecular complexity index is 1380. The van der Waals surface area contributed by atoms with E-state index in [1.807, 2.05) is 0 Å². The van der Waals surface area contributed by atoms with Crippen LogP contribution in [0.1, 0.15) is 52.3 Å². The largest absolute Gasteiger partial charge is 0.507 e. The van der Waals surface area contributed by atoms with E-state index in [-0.39, 0.29) is 21.3 Å². The van der Waals surface area contributed by atoms with E-state index in [0.29, 0.717) is 34.2 Å². The van der Waals surface area contributed by atoms with E-state index in [2.05, 4.69) is 11.9 Å². The van der Waals surface area contributed by atoms with Gasteiger partial charge in [-0.3, -0.25) is 14.5 Å². The molecule has 0 saturated carbocycles. The number of rotatable bonds is 8. The highest BCUT2D eigenvalue weighted by molar-refractivity contribution is 7.17. The highest BCUT2D eigenvalue weighted by atomic mass is 35.5. The molecule has 192 valence electrons. The van der Waals surface area contributed by atoms with E-state index in [1.165, 1.54) is 12.0 Å². The number of carbonyl (C=O) groups is 3. The van der Waals surface area contributed by atoms with Crippen LogP contribution in [0, 0.1) is 6.92 Å². The predicted octanol–water partition coefficient (Wildman–Crippen LogP) is 5.70. The summed E-state index contributed by atoms with van der Waals surface area (Å²) in [7, 11) is 1.25. The minimum Gasteiger partial charge on any atom is -0.507 e. The number of Topliss-reactive ketones (excluding diaryl/α,β-unsaturated/α-hetero) is 1. The van der Waals surface area contributed by atoms with Crippen molar-refractivity contribution in [2.24, 2.45) is 0 Å². The summed E-state index contributed by atoms with van der Waals surface area (Å²) in [6.45, 7) is 4.25. The Labute approximate surface area is 223 Å². The molecule has 8 nitrogen and oxygen atoms in total. The van der Waals surface area contributed by atoms with Gasteiger partial charge in [-0.25, -0.2) is 9.78 Å². The number of anilines is 1. The molecule has 2 heterocycles. The van der Waals surface area contributed by atoms with Gasteiger partial charge in [0.25, 0.3) is 5.78 Å². The van der Waals surface area contributed by atoms with Crippen molar-refractivity contribution in [2.75, 3.05) is 18.6 Å². The first kappa shape index (κ1) is 26.4. The Morgan fingerprint density at radius 1 is 1.19 bits per heavy atom. The van der Waals surface area contributed by atoms with Crippen LogP contribution in [0.2, 0.25) is 5.02 Å². The summed E-state index contributed by atoms with van der Waals surface area (Å²) >= 11 is 7.17. The molecule has 0 bridgehead atoms. The number of aliphatic hydroxyl groups is 1. The van der Waals surface area contributed by atoms with Crippen LogP contribution >= 0.6 is 22.9 Å². The molecular weight excluding hydrogens is 516 g/mol. The molecule has 0 unspecified atom stereocenters. The van der Waals surface area contributed by atoms with E-state index < -0.39 is 23.7 Å². The molecule has 3 aromatic rings. The molecule has 1 saturated heterocycles. The fraction of sp³-hybridized carbons (Fsp3) is 0.259. The van der Waals surface area contributed by atoms with E-state index in [4.69, 9.17) is 21.1 Å². The SMILES string of the molecule is CCCCOc1ccc(C(O)=C2C(=O)C(=O)N(c3nc(C)c(C(=O)OC)s3)[C@H]2c2cccc(Cl)c2)cc1. The number of aromatic nitrogens is 1. The number of ether oxygens (including phenoxy) is 2. The van der Waals surface area contributed by atoms with Gasteiger partial charge in [-0.2, -0.15) is 0 Å². The summed E-state index contributed by atoms with van der Waals surface area (Å²) in [5.74, 6) is -2.06. The number of benzene rings is 2. The van der Waals surface area contributed by atoms with Gasteiger partial charge in [-0.15, -0.1) is 0 Å². The van der Waals surface area contributed by atoms with Crippen LogP contribution in [-0.2, 0) is 14.3 Å². The molecule has 0 aliphatic carbocycles. The number of carbonyl (C=O) groups excluding carboxylic acids is 3. The average molecular weight is 541 g/mol. The summed E-state index contributed by atoms with van der Waals surface area (Å²) in [6.07, 6.45) is 1.92. The maximum absolute atomic E-state index is 13.3. The van der Waals surface area contributed by atoms with E-state index in [1.54, 1.807) is 55.5 Å². The molecule has 1 amide bonds. The third-order valence-electron chi connectivity index (χ3n) is 5.87. The topological polar surface area (TPSA) is 106 Å². The van der Waals surface area contributed by atoms with E-state index >= 15 is 0 Å². The maximum atomic E-state index is 13.3. The van der Waals surface area contributed by atoms with Gasteiger partial charge in [-0.05, 0) is 55.3 Å². The molecule has 1 aliphatic rings. The lowest BCUT2D eigenvalue weighted by Gasteiger charge is -2.23. The zero-order chi connectivity index (χ0) is 26.7. The Kier molecular flexibility index (Phi) is 7.94. The van der Waals surface area contributed by atoms with Gasteiger partial charge in [0.2, 0.25) is 0 Å². The zero-order valence-electron chi connectivity index (χ0n) is 20.5. The Morgan fingerprint density at radius 2 is 1.92 bits per heavy atom. The Balaban J connectivity index is 1.82. The van der Waals surface area contributed by atoms with Gasteiger partial charge in [0.15, 0.2) is 5.13 Å². The summed E-state index contributed by atoms with van der Waals surface area (Å²) in [6, 6.07) is 12.3. The zero-order valence-corrected chi connectivity index (χ0v) is 22.1. The van der Waals surface area contributed by atoms with Gasteiger partial charge in [0.1, 0.15) is 16.4 Å². The molecule has 1 aromatic heterocycles. The van der Waals surface area contributed by atoms with Crippen molar-refractivity contribution in [1.82, 2.24) is 4.98 Å². The van der Waals surface area contributed by atoms with Crippen LogP contribution in [0.25, 0.3) is 5.76 Å². The molecule has 1 fully saturated rings. The fourth-order valence-electron chi connectivity index (χ4n) is 3.99. The minimum atomic E-state index is -1.02. The van der Waals surface area contributed by atoms with Gasteiger partial charge in [-0.1, -0.05) is 48.4 Å². The first-order chi connectivity index (χ1) is 17.8. The van der Waals surface area contributed by atoms with Crippen LogP contribution in [0.15, 0.2) is 54.1 Å². The maximum Gasteiger partial charge on any atom is 0.350 e. The number of hydrogen-bond donors (Lipinski definition) is 1. The van der Waals surface area contributed by atoms with E-state index in [9.17, 15) is 19.5 Å². The second-order valence-electron chi connectivity index (χ2n) is 8.35. The number of hydrogen-bond acceptors (Lipinski definition) is 8. The predicted molar refractivity (Wildman–Crippen MR) is 141 cm³/mol. The molecule has 4 rings (SSSR count). The minimum absolute atomic E-state index is 0.112. The van der Waals surface area contributed by atoms with Crippen molar-refractivity contribution in [1.29, 1.82) is 0 Å². The van der Waals surface area contributed by atoms with Gasteiger partial charge < -0.3 is 14.6 Å². The number of esters is 1. The molecule has 1 atom stereocenters. The number of amides is 1. The standard InChI is InChI=1S/C27H25ClN2O6S/c1-4-5-13-36-19-11-9-16(10-12-19)22(31)20-21(17-7-6-8-18(28)14-17)30(25(33)23(20)32)27-29-15(2)24(37-27)26(34)35-3/h6-12,14,21,31H,4-5,13H2,1-3H3/t21-/m0/s1. The summed E-state index contributed by atoms with van der Waals surface area (Å²) < 4.78 is 10.5. The van der Waals surface area contributed by atoms with Crippen molar-refractivity contribution in [3.8, 4) is 5.75 Å². The number of thiazole rings is 1. The molecule has 2 aromatic carbocycles. The molecular formula is C27H25ClN2O6S. The molecule has 0 spiro atoms. The summed E-state index contributed by atoms with van der Waals surface area (Å²) in [5, 5.41) is 11.8. The number of aryl methyl sites for hydroxylation is 1. The Morgan fingerprint density at radius 3 is 2.57 bits per heavy atom. The van der Waals surface area contributed by atoms with Gasteiger partial charge in [0, 0.05) is 10.6 Å². The third kappa shape index (κ3) is 5.23. The van der Waals surface area contributed by atoms with Crippen molar-refractivity contribution < 1.29 is 29.0 Å². The first-order valence-corrected chi connectivity index (χ1v) is 12.8. The van der Waals surface area contributed by atoms with Crippen LogP contribution < -0.4 is 9.64 Å². The van der Waals surface area contributed by atoms with Gasteiger partial charge in [0.05, 0.1) is 31.0 Å². The monoisotopic (exact) mass is 540 g/mol. The fourth-order valence-corrected chi connectivity index (χ4v) is 5.20. The number of aliphatic hydroxyl groups excluding tert-OH is 1. The van der Waals surface area contributed by atoms with Crippen LogP contribution in [-0.4, -0.2) is 41.5 Å². The lowest BCUT2D eigenvalue weighted by atomic mass is 9.95. The van der Waals surface area contributed by atoms with Crippen LogP contribution in [0.3, 0.4) is 0 Å². The second kappa shape index (κ2) is 11.1. The van der Waals surface area contributed by atoms with Crippen molar-refractivity contribution in [2.45, 2.75) is 32.7 Å². The highest BCUT2D eigenvalue weighted by Crippen LogP contribution is 2.44. The lowest BCUT2D eigenvalue weighted by molar-refractivity contribution is -0.132. The molecule has 0 radical (unpaired) electrons. The highest BCUT2D eigenvalue weighted by Gasteiger charge is 2.48. The van der Waals surface area contributed by atoms with Gasteiger partial charge >= 0.3 is 11.9 Å². The number of unbranched alkanes of at least 4 members (excludes halogenated alkanes) is 1. The summed E-state index contributed by atoms with van der Waals surface area (Å²) in [4.78, 5) is 44.6. The third-order valence-corrected chi connectivity index (χ3v) is 7.24. The number of methoxy groups -OCH3 is 1. The molecule has 1 aliphatic heterocycles. The number of nitrogens with zero attached hydrogens (tertiary/aromatic N) is 2. The lowest BCUT2D eigenvalue weighted by Crippen LogP contribution is -2.29. The normalized spacial score (nSPS) is 16.8. The Hall–Kier alpha value is -3.69. The van der Waals surface area contributed by atoms with Crippen molar-refractivity contribution >= 4 is 51.5 Å². The van der Waals surface area contributed by atoms with Crippen LogP contribution in [0.4, 0.5) is 5.13 Å². The van der Waals surface area contributed by atoms with Crippen molar-refractivity contribution in [3.63, 3.8) is 0 Å². The molecule has 37 heavy (non-hydrogen) atoms. The van der Waals surface area contributed by atoms with Crippen molar-refractivity contribution in [3.05, 3.63) is 80.8 Å². The molecule has 1 N–H and O–H groups in total. The molecule has 10 heteroatoms. The van der Waals surface area contributed by atoms with Crippen LogP contribution in [0.5, 0.6) is 5.75 Å². The number of halogens is 1. The number of ketones is 1. The summed E-state index contributed by atoms with van der Waals surface area (Å²) in [5.41, 5.74) is 1.09. The first-order valence-electron chi connectivity index (χ1n) is 11.6. The second-order valence-corrected chi connectivity index (χ2v) is 9.77.